The average Bonchev–Trinajstić information content (AvgIpc) is 2.55. The second-order valence-electron chi connectivity index (χ2n) is 5.62. The van der Waals surface area contributed by atoms with Crippen molar-refractivity contribution in [2.75, 3.05) is 37.8 Å². The third kappa shape index (κ3) is 5.44. The highest BCUT2D eigenvalue weighted by molar-refractivity contribution is 7.98. The summed E-state index contributed by atoms with van der Waals surface area (Å²) in [6.07, 6.45) is 3.82. The van der Waals surface area contributed by atoms with Crippen LogP contribution in [0.1, 0.15) is 12.8 Å². The van der Waals surface area contributed by atoms with E-state index in [4.69, 9.17) is 5.73 Å². The zero-order chi connectivity index (χ0) is 16.7. The van der Waals surface area contributed by atoms with Crippen LogP contribution in [0, 0.1) is 5.92 Å². The SMILES string of the molecule is CSc1ccccc1NC(=O)NCCN1CCC[C@@H](C(N)=O)C1. The van der Waals surface area contributed by atoms with Gasteiger partial charge in [0.1, 0.15) is 0 Å². The molecule has 0 bridgehead atoms. The van der Waals surface area contributed by atoms with Crippen LogP contribution in [-0.4, -0.2) is 49.3 Å². The lowest BCUT2D eigenvalue weighted by Gasteiger charge is -2.31. The van der Waals surface area contributed by atoms with Gasteiger partial charge in [-0.05, 0) is 37.8 Å². The quantitative estimate of drug-likeness (QED) is 0.690. The maximum absolute atomic E-state index is 12.0. The normalized spacial score (nSPS) is 18.4. The van der Waals surface area contributed by atoms with Gasteiger partial charge in [-0.2, -0.15) is 0 Å². The largest absolute Gasteiger partial charge is 0.369 e. The number of likely N-dealkylation sites (tertiary alicyclic amines) is 1. The van der Waals surface area contributed by atoms with Gasteiger partial charge in [0.15, 0.2) is 0 Å². The lowest BCUT2D eigenvalue weighted by Crippen LogP contribution is -2.44. The number of rotatable bonds is 6. The van der Waals surface area contributed by atoms with Crippen LogP contribution >= 0.6 is 11.8 Å². The van der Waals surface area contributed by atoms with Crippen molar-refractivity contribution in [3.63, 3.8) is 0 Å². The molecule has 126 valence electrons. The van der Waals surface area contributed by atoms with Crippen molar-refractivity contribution < 1.29 is 9.59 Å². The third-order valence-corrected chi connectivity index (χ3v) is 4.77. The van der Waals surface area contributed by atoms with Gasteiger partial charge in [0, 0.05) is 24.5 Å². The molecule has 0 aromatic heterocycles. The zero-order valence-electron chi connectivity index (χ0n) is 13.4. The van der Waals surface area contributed by atoms with E-state index >= 15 is 0 Å². The van der Waals surface area contributed by atoms with Gasteiger partial charge in [-0.15, -0.1) is 11.8 Å². The summed E-state index contributed by atoms with van der Waals surface area (Å²) < 4.78 is 0. The van der Waals surface area contributed by atoms with E-state index in [1.165, 1.54) is 0 Å². The number of nitrogens with one attached hydrogen (secondary N) is 2. The summed E-state index contributed by atoms with van der Waals surface area (Å²) in [5, 5.41) is 5.72. The van der Waals surface area contributed by atoms with Crippen molar-refractivity contribution in [2.24, 2.45) is 11.7 Å². The first-order chi connectivity index (χ1) is 11.1. The van der Waals surface area contributed by atoms with E-state index in [0.717, 1.165) is 36.5 Å². The summed E-state index contributed by atoms with van der Waals surface area (Å²) in [5.74, 6) is -0.292. The number of hydrogen-bond donors (Lipinski definition) is 3. The fourth-order valence-corrected chi connectivity index (χ4v) is 3.29. The zero-order valence-corrected chi connectivity index (χ0v) is 14.2. The Kier molecular flexibility index (Phi) is 6.73. The van der Waals surface area contributed by atoms with Crippen molar-refractivity contribution in [3.8, 4) is 0 Å². The first kappa shape index (κ1) is 17.6. The molecular formula is C16H24N4O2S. The molecular weight excluding hydrogens is 312 g/mol. The number of benzene rings is 1. The Morgan fingerprint density at radius 2 is 2.17 bits per heavy atom. The average molecular weight is 336 g/mol. The number of piperidine rings is 1. The van der Waals surface area contributed by atoms with Crippen LogP contribution < -0.4 is 16.4 Å². The van der Waals surface area contributed by atoms with Crippen LogP contribution in [0.15, 0.2) is 29.2 Å². The van der Waals surface area contributed by atoms with E-state index in [2.05, 4.69) is 15.5 Å². The van der Waals surface area contributed by atoms with E-state index in [1.54, 1.807) is 11.8 Å². The highest BCUT2D eigenvalue weighted by Gasteiger charge is 2.23. The number of carbonyl (C=O) groups is 2. The van der Waals surface area contributed by atoms with Crippen LogP contribution in [0.4, 0.5) is 10.5 Å². The number of primary amides is 1. The molecule has 0 radical (unpaired) electrons. The number of nitrogens with two attached hydrogens (primary N) is 1. The van der Waals surface area contributed by atoms with Crippen LogP contribution in [0.2, 0.25) is 0 Å². The number of anilines is 1. The Morgan fingerprint density at radius 3 is 2.91 bits per heavy atom. The van der Waals surface area contributed by atoms with Crippen LogP contribution in [0.5, 0.6) is 0 Å². The van der Waals surface area contributed by atoms with Gasteiger partial charge < -0.3 is 21.3 Å². The second-order valence-corrected chi connectivity index (χ2v) is 6.47. The van der Waals surface area contributed by atoms with Gasteiger partial charge in [0.2, 0.25) is 5.91 Å². The maximum atomic E-state index is 12.0. The number of thioether (sulfide) groups is 1. The molecule has 1 fully saturated rings. The summed E-state index contributed by atoms with van der Waals surface area (Å²) in [7, 11) is 0. The Bertz CT molecular complexity index is 553. The molecule has 1 aromatic carbocycles. The number of nitrogens with zero attached hydrogens (tertiary/aromatic N) is 1. The van der Waals surface area contributed by atoms with E-state index < -0.39 is 0 Å². The Labute approximate surface area is 141 Å². The Morgan fingerprint density at radius 1 is 1.39 bits per heavy atom. The number of para-hydroxylation sites is 1. The van der Waals surface area contributed by atoms with Crippen molar-refractivity contribution in [3.05, 3.63) is 24.3 Å². The first-order valence-corrected chi connectivity index (χ1v) is 9.02. The topological polar surface area (TPSA) is 87.5 Å². The molecule has 4 N–H and O–H groups in total. The van der Waals surface area contributed by atoms with Crippen LogP contribution in [0.25, 0.3) is 0 Å². The van der Waals surface area contributed by atoms with Crippen LogP contribution in [-0.2, 0) is 4.79 Å². The van der Waals surface area contributed by atoms with E-state index in [1.807, 2.05) is 30.5 Å². The first-order valence-electron chi connectivity index (χ1n) is 7.79. The van der Waals surface area contributed by atoms with Gasteiger partial charge in [-0.1, -0.05) is 12.1 Å². The molecule has 23 heavy (non-hydrogen) atoms. The molecule has 1 saturated heterocycles. The van der Waals surface area contributed by atoms with Gasteiger partial charge in [-0.25, -0.2) is 4.79 Å². The van der Waals surface area contributed by atoms with Gasteiger partial charge in [0.25, 0.3) is 0 Å². The van der Waals surface area contributed by atoms with E-state index in [9.17, 15) is 9.59 Å². The lowest BCUT2D eigenvalue weighted by atomic mass is 9.97. The van der Waals surface area contributed by atoms with Gasteiger partial charge in [-0.3, -0.25) is 4.79 Å². The molecule has 0 unspecified atom stereocenters. The Hall–Kier alpha value is -1.73. The molecule has 1 aromatic rings. The smallest absolute Gasteiger partial charge is 0.319 e. The minimum absolute atomic E-state index is 0.0639. The third-order valence-electron chi connectivity index (χ3n) is 3.98. The van der Waals surface area contributed by atoms with Crippen molar-refractivity contribution in [1.29, 1.82) is 0 Å². The Balaban J connectivity index is 1.73. The maximum Gasteiger partial charge on any atom is 0.319 e. The van der Waals surface area contributed by atoms with Gasteiger partial charge >= 0.3 is 6.03 Å². The molecule has 1 aliphatic heterocycles. The highest BCUT2D eigenvalue weighted by atomic mass is 32.2. The number of hydrogen-bond acceptors (Lipinski definition) is 4. The standard InChI is InChI=1S/C16H24N4O2S/c1-23-14-7-3-2-6-13(14)19-16(22)18-8-10-20-9-4-5-12(11-20)15(17)21/h2-3,6-7,12H,4-5,8-11H2,1H3,(H2,17,21)(H2,18,19,22)/t12-/m1/s1. The van der Waals surface area contributed by atoms with Crippen molar-refractivity contribution in [2.45, 2.75) is 17.7 Å². The minimum Gasteiger partial charge on any atom is -0.369 e. The summed E-state index contributed by atoms with van der Waals surface area (Å²) in [6.45, 7) is 2.90. The lowest BCUT2D eigenvalue weighted by molar-refractivity contribution is -0.123. The number of urea groups is 1. The predicted octanol–water partition coefficient (Wildman–Crippen LogP) is 1.73. The molecule has 2 rings (SSSR count). The predicted molar refractivity (Wildman–Crippen MR) is 93.6 cm³/mol. The van der Waals surface area contributed by atoms with E-state index in [-0.39, 0.29) is 17.9 Å². The fourth-order valence-electron chi connectivity index (χ4n) is 2.73. The van der Waals surface area contributed by atoms with Crippen molar-refractivity contribution in [1.82, 2.24) is 10.2 Å². The molecule has 1 atom stereocenters. The summed E-state index contributed by atoms with van der Waals surface area (Å²) >= 11 is 1.59. The summed E-state index contributed by atoms with van der Waals surface area (Å²) in [6, 6.07) is 7.48. The summed E-state index contributed by atoms with van der Waals surface area (Å²) in [4.78, 5) is 26.4. The molecule has 3 amide bonds. The molecule has 1 heterocycles. The molecule has 0 spiro atoms. The molecule has 0 aliphatic carbocycles. The minimum atomic E-state index is -0.228. The fraction of sp³-hybridized carbons (Fsp3) is 0.500. The molecule has 1 aliphatic rings. The van der Waals surface area contributed by atoms with Crippen molar-refractivity contribution >= 4 is 29.4 Å². The number of amides is 3. The summed E-state index contributed by atoms with van der Waals surface area (Å²) in [5.41, 5.74) is 6.18. The van der Waals surface area contributed by atoms with E-state index in [0.29, 0.717) is 13.1 Å². The molecule has 0 saturated carbocycles. The van der Waals surface area contributed by atoms with Gasteiger partial charge in [0.05, 0.1) is 11.6 Å². The molecule has 7 heteroatoms. The highest BCUT2D eigenvalue weighted by Crippen LogP contribution is 2.24. The monoisotopic (exact) mass is 336 g/mol. The van der Waals surface area contributed by atoms with Crippen LogP contribution in [0.3, 0.4) is 0 Å². The molecule has 6 nitrogen and oxygen atoms in total. The second kappa shape index (κ2) is 8.79. The number of carbonyl (C=O) groups excluding carboxylic acids is 2.